The van der Waals surface area contributed by atoms with Crippen molar-refractivity contribution in [3.05, 3.63) is 76.3 Å². The molecule has 0 unspecified atom stereocenters. The maximum absolute atomic E-state index is 14.1. The molecule has 2 aliphatic rings. The van der Waals surface area contributed by atoms with Crippen LogP contribution in [0.1, 0.15) is 25.0 Å². The number of nitrogens with zero attached hydrogens (tertiary/aromatic N) is 1. The van der Waals surface area contributed by atoms with Crippen molar-refractivity contribution in [2.45, 2.75) is 25.8 Å². The number of hydrogen-bond acceptors (Lipinski definition) is 4. The second-order valence-electron chi connectivity index (χ2n) is 7.83. The van der Waals surface area contributed by atoms with Crippen LogP contribution in [0.2, 0.25) is 5.02 Å². The fourth-order valence-corrected chi connectivity index (χ4v) is 5.37. The average molecular weight is 424 g/mol. The quantitative estimate of drug-likeness (QED) is 0.695. The Morgan fingerprint density at radius 2 is 1.83 bits per heavy atom. The first-order chi connectivity index (χ1) is 14.3. The van der Waals surface area contributed by atoms with Crippen LogP contribution >= 0.6 is 11.6 Å². The highest BCUT2D eigenvalue weighted by atomic mass is 35.5. The third-order valence-electron chi connectivity index (χ3n) is 6.22. The molecule has 2 aromatic carbocycles. The van der Waals surface area contributed by atoms with Gasteiger partial charge in [-0.05, 0) is 30.5 Å². The molecule has 5 nitrogen and oxygen atoms in total. The van der Waals surface area contributed by atoms with Gasteiger partial charge in [-0.3, -0.25) is 9.59 Å². The zero-order valence-corrected chi connectivity index (χ0v) is 17.8. The second kappa shape index (κ2) is 7.40. The molecule has 2 aromatic rings. The molecule has 0 radical (unpaired) electrons. The highest BCUT2D eigenvalue weighted by Crippen LogP contribution is 2.59. The fraction of sp³-hybridized carbons (Fsp3) is 0.292. The Morgan fingerprint density at radius 3 is 2.47 bits per heavy atom. The first-order valence-electron chi connectivity index (χ1n) is 9.79. The number of methoxy groups -OCH3 is 1. The number of esters is 1. The number of ether oxygens (including phenoxy) is 1. The summed E-state index contributed by atoms with van der Waals surface area (Å²) >= 11 is 6.64. The highest BCUT2D eigenvalue weighted by molar-refractivity contribution is 6.33. The summed E-state index contributed by atoms with van der Waals surface area (Å²) in [5, 5.41) is 0.411. The minimum absolute atomic E-state index is 0.221. The van der Waals surface area contributed by atoms with Crippen molar-refractivity contribution in [1.29, 1.82) is 0 Å². The summed E-state index contributed by atoms with van der Waals surface area (Å²) in [6.07, 6.45) is 1.69. The van der Waals surface area contributed by atoms with Gasteiger partial charge < -0.3 is 9.64 Å². The van der Waals surface area contributed by atoms with E-state index in [1.165, 1.54) is 14.0 Å². The topological polar surface area (TPSA) is 63.7 Å². The minimum Gasteiger partial charge on any atom is -0.466 e. The molecule has 0 saturated heterocycles. The summed E-state index contributed by atoms with van der Waals surface area (Å²) in [7, 11) is 1.27. The lowest BCUT2D eigenvalue weighted by Gasteiger charge is -2.34. The summed E-state index contributed by atoms with van der Waals surface area (Å²) in [5.41, 5.74) is 1.19. The summed E-state index contributed by atoms with van der Waals surface area (Å²) in [4.78, 5) is 41.1. The average Bonchev–Trinajstić information content (AvgIpc) is 3.17. The van der Waals surface area contributed by atoms with E-state index in [0.29, 0.717) is 22.8 Å². The molecule has 0 bridgehead atoms. The normalized spacial score (nSPS) is 24.7. The number of amides is 1. The van der Waals surface area contributed by atoms with Crippen LogP contribution in [0.3, 0.4) is 0 Å². The lowest BCUT2D eigenvalue weighted by Crippen LogP contribution is -2.50. The zero-order chi connectivity index (χ0) is 21.6. The zero-order valence-electron chi connectivity index (χ0n) is 17.0. The molecule has 1 heterocycles. The van der Waals surface area contributed by atoms with Gasteiger partial charge in [0.25, 0.3) is 0 Å². The van der Waals surface area contributed by atoms with Gasteiger partial charge in [0.15, 0.2) is 0 Å². The van der Waals surface area contributed by atoms with Crippen LogP contribution in [-0.4, -0.2) is 24.8 Å². The molecule has 1 aliphatic carbocycles. The molecule has 4 rings (SSSR count). The largest absolute Gasteiger partial charge is 0.466 e. The van der Waals surface area contributed by atoms with Crippen molar-refractivity contribution in [2.24, 2.45) is 11.8 Å². The molecule has 30 heavy (non-hydrogen) atoms. The number of anilines is 1. The molecule has 0 saturated carbocycles. The maximum Gasteiger partial charge on any atom is 0.334 e. The van der Waals surface area contributed by atoms with E-state index >= 15 is 0 Å². The van der Waals surface area contributed by atoms with Crippen molar-refractivity contribution in [3.63, 3.8) is 0 Å². The van der Waals surface area contributed by atoms with Gasteiger partial charge in [-0.2, -0.15) is 0 Å². The molecule has 3 atom stereocenters. The van der Waals surface area contributed by atoms with Gasteiger partial charge in [0.05, 0.1) is 25.0 Å². The molecule has 0 aromatic heterocycles. The molecular weight excluding hydrogens is 402 g/mol. The van der Waals surface area contributed by atoms with Crippen molar-refractivity contribution in [1.82, 2.24) is 0 Å². The van der Waals surface area contributed by atoms with Crippen molar-refractivity contribution in [2.75, 3.05) is 12.0 Å². The predicted octanol–water partition coefficient (Wildman–Crippen LogP) is 4.08. The summed E-state index contributed by atoms with van der Waals surface area (Å²) in [5.74, 6) is -2.45. The molecular formula is C24H22ClNO4. The number of ketones is 1. The van der Waals surface area contributed by atoms with E-state index in [9.17, 15) is 14.4 Å². The van der Waals surface area contributed by atoms with E-state index < -0.39 is 23.2 Å². The lowest BCUT2D eigenvalue weighted by molar-refractivity contribution is -0.139. The van der Waals surface area contributed by atoms with E-state index in [2.05, 4.69) is 0 Å². The van der Waals surface area contributed by atoms with Crippen molar-refractivity contribution >= 4 is 34.9 Å². The van der Waals surface area contributed by atoms with Gasteiger partial charge in [0.1, 0.15) is 5.78 Å². The number of rotatable bonds is 4. The molecule has 1 aliphatic heterocycles. The van der Waals surface area contributed by atoms with Gasteiger partial charge in [-0.25, -0.2) is 4.79 Å². The number of carbonyl (C=O) groups excluding carboxylic acids is 3. The first-order valence-corrected chi connectivity index (χ1v) is 10.2. The van der Waals surface area contributed by atoms with Crippen LogP contribution in [0, 0.1) is 11.8 Å². The monoisotopic (exact) mass is 423 g/mol. The summed E-state index contributed by atoms with van der Waals surface area (Å²) < 4.78 is 4.92. The van der Waals surface area contributed by atoms with E-state index in [-0.39, 0.29) is 17.3 Å². The number of fused-ring (bicyclic) bond motifs is 2. The summed E-state index contributed by atoms with van der Waals surface area (Å²) in [6.45, 7) is 3.60. The molecule has 1 spiro atoms. The van der Waals surface area contributed by atoms with Gasteiger partial charge in [0, 0.05) is 21.8 Å². The van der Waals surface area contributed by atoms with Gasteiger partial charge >= 0.3 is 5.97 Å². The van der Waals surface area contributed by atoms with E-state index in [1.807, 2.05) is 43.3 Å². The fourth-order valence-electron chi connectivity index (χ4n) is 5.05. The SMILES string of the molecule is COC(=O)C1=C[C@@H](C)[C@@]2(C(=O)N(Cc3ccccc3)c3cccc(Cl)c32)[C@@H]1C(C)=O. The summed E-state index contributed by atoms with van der Waals surface area (Å²) in [6, 6.07) is 15.0. The van der Waals surface area contributed by atoms with Crippen LogP contribution in [0.15, 0.2) is 60.2 Å². The third-order valence-corrected chi connectivity index (χ3v) is 6.54. The maximum atomic E-state index is 14.1. The molecule has 1 amide bonds. The Kier molecular flexibility index (Phi) is 5.02. The highest BCUT2D eigenvalue weighted by Gasteiger charge is 2.64. The second-order valence-corrected chi connectivity index (χ2v) is 8.23. The van der Waals surface area contributed by atoms with Crippen LogP contribution in [0.5, 0.6) is 0 Å². The molecule has 6 heteroatoms. The Morgan fingerprint density at radius 1 is 1.13 bits per heavy atom. The standard InChI is InChI=1S/C24H22ClNO4/c1-14-12-17(22(28)30-3)20(15(2)27)24(14)21-18(25)10-7-11-19(21)26(23(24)29)13-16-8-5-4-6-9-16/h4-12,14,20H,13H2,1-3H3/t14-,20-,24-/m1/s1. The molecule has 0 fully saturated rings. The van der Waals surface area contributed by atoms with Gasteiger partial charge in [-0.15, -0.1) is 0 Å². The van der Waals surface area contributed by atoms with E-state index in [0.717, 1.165) is 5.56 Å². The molecule has 154 valence electrons. The van der Waals surface area contributed by atoms with Crippen LogP contribution in [-0.2, 0) is 31.1 Å². The van der Waals surface area contributed by atoms with Gasteiger partial charge in [0.2, 0.25) is 5.91 Å². The first kappa shape index (κ1) is 20.4. The lowest BCUT2D eigenvalue weighted by atomic mass is 9.65. The van der Waals surface area contributed by atoms with Crippen molar-refractivity contribution in [3.8, 4) is 0 Å². The number of carbonyl (C=O) groups is 3. The van der Waals surface area contributed by atoms with E-state index in [4.69, 9.17) is 16.3 Å². The Labute approximate surface area is 180 Å². The Hall–Kier alpha value is -2.92. The van der Waals surface area contributed by atoms with Crippen LogP contribution in [0.4, 0.5) is 5.69 Å². The minimum atomic E-state index is -1.27. The van der Waals surface area contributed by atoms with Gasteiger partial charge in [-0.1, -0.05) is 61.0 Å². The van der Waals surface area contributed by atoms with Crippen molar-refractivity contribution < 1.29 is 19.1 Å². The Balaban J connectivity index is 1.93. The van der Waals surface area contributed by atoms with E-state index in [1.54, 1.807) is 23.1 Å². The smallest absolute Gasteiger partial charge is 0.334 e. The number of allylic oxidation sites excluding steroid dienone is 1. The number of hydrogen-bond donors (Lipinski definition) is 0. The predicted molar refractivity (Wildman–Crippen MR) is 114 cm³/mol. The number of benzene rings is 2. The van der Waals surface area contributed by atoms with Crippen LogP contribution < -0.4 is 4.90 Å². The third kappa shape index (κ3) is 2.72. The number of Topliss-reactive ketones (excluding diaryl/α,β-unsaturated/α-hetero) is 1. The van der Waals surface area contributed by atoms with Crippen LogP contribution in [0.25, 0.3) is 0 Å². The Bertz CT molecular complexity index is 1080. The molecule has 0 N–H and O–H groups in total. The number of halogens is 1.